The fourth-order valence-electron chi connectivity index (χ4n) is 2.49. The summed E-state index contributed by atoms with van der Waals surface area (Å²) in [6, 6.07) is -0.162. The summed E-state index contributed by atoms with van der Waals surface area (Å²) in [5.74, 6) is 0.659. The number of ether oxygens (including phenoxy) is 1. The van der Waals surface area contributed by atoms with E-state index in [1.807, 2.05) is 4.68 Å². The minimum absolute atomic E-state index is 0.158. The highest BCUT2D eigenvalue weighted by Gasteiger charge is 2.30. The molecular formula is C12H21N5O2. The van der Waals surface area contributed by atoms with Gasteiger partial charge in [-0.05, 0) is 36.2 Å². The van der Waals surface area contributed by atoms with Crippen LogP contribution in [-0.2, 0) is 22.6 Å². The Balaban J connectivity index is 2.06. The molecule has 1 aliphatic rings. The average molecular weight is 267 g/mol. The standard InChI is InChI=1S/C12H21N5O2/c1-3-7-17-11(13-14-15-17)9-16-8-5-4-6-10(16)12(18)19-2/h10H,3-9H2,1-2H3/t10-/m1/s1. The van der Waals surface area contributed by atoms with Crippen molar-refractivity contribution >= 4 is 5.97 Å². The summed E-state index contributed by atoms with van der Waals surface area (Å²) in [5.41, 5.74) is 0. The lowest BCUT2D eigenvalue weighted by Crippen LogP contribution is -2.45. The number of carbonyl (C=O) groups is 1. The van der Waals surface area contributed by atoms with Crippen molar-refractivity contribution in [3.8, 4) is 0 Å². The van der Waals surface area contributed by atoms with E-state index in [-0.39, 0.29) is 12.0 Å². The minimum atomic E-state index is -0.162. The molecule has 0 radical (unpaired) electrons. The van der Waals surface area contributed by atoms with Gasteiger partial charge in [0.15, 0.2) is 5.82 Å². The molecule has 0 aliphatic carbocycles. The Hall–Kier alpha value is -1.50. The van der Waals surface area contributed by atoms with Crippen LogP contribution in [0.2, 0.25) is 0 Å². The van der Waals surface area contributed by atoms with Gasteiger partial charge >= 0.3 is 5.97 Å². The molecule has 0 spiro atoms. The zero-order valence-corrected chi connectivity index (χ0v) is 11.6. The third-order valence-corrected chi connectivity index (χ3v) is 3.47. The smallest absolute Gasteiger partial charge is 0.323 e. The maximum Gasteiger partial charge on any atom is 0.323 e. The Morgan fingerprint density at radius 2 is 2.32 bits per heavy atom. The Kier molecular flexibility index (Phi) is 4.84. The molecule has 19 heavy (non-hydrogen) atoms. The maximum atomic E-state index is 11.8. The van der Waals surface area contributed by atoms with E-state index in [0.717, 1.165) is 44.6 Å². The molecule has 7 heteroatoms. The summed E-state index contributed by atoms with van der Waals surface area (Å²) in [7, 11) is 1.44. The molecule has 2 rings (SSSR count). The monoisotopic (exact) mass is 267 g/mol. The molecule has 1 atom stereocenters. The second-order valence-corrected chi connectivity index (χ2v) is 4.82. The number of methoxy groups -OCH3 is 1. The van der Waals surface area contributed by atoms with Gasteiger partial charge in [-0.2, -0.15) is 0 Å². The number of aromatic nitrogens is 4. The second-order valence-electron chi connectivity index (χ2n) is 4.82. The maximum absolute atomic E-state index is 11.8. The van der Waals surface area contributed by atoms with Gasteiger partial charge in [-0.3, -0.25) is 9.69 Å². The Bertz CT molecular complexity index is 420. The molecule has 2 heterocycles. The lowest BCUT2D eigenvalue weighted by Gasteiger charge is -2.33. The third-order valence-electron chi connectivity index (χ3n) is 3.47. The molecule has 0 unspecified atom stereocenters. The van der Waals surface area contributed by atoms with E-state index in [4.69, 9.17) is 4.74 Å². The molecular weight excluding hydrogens is 246 g/mol. The number of piperidine rings is 1. The highest BCUT2D eigenvalue weighted by atomic mass is 16.5. The largest absolute Gasteiger partial charge is 0.468 e. The van der Waals surface area contributed by atoms with Crippen molar-refractivity contribution in [3.63, 3.8) is 0 Å². The second kappa shape index (κ2) is 6.60. The lowest BCUT2D eigenvalue weighted by atomic mass is 10.0. The van der Waals surface area contributed by atoms with Crippen molar-refractivity contribution in [2.24, 2.45) is 0 Å². The molecule has 0 aromatic carbocycles. The molecule has 0 saturated carbocycles. The van der Waals surface area contributed by atoms with E-state index in [0.29, 0.717) is 6.54 Å². The molecule has 0 N–H and O–H groups in total. The first-order valence-corrected chi connectivity index (χ1v) is 6.83. The summed E-state index contributed by atoms with van der Waals surface area (Å²) in [5, 5.41) is 11.7. The predicted octanol–water partition coefficient (Wildman–Crippen LogP) is 0.611. The summed E-state index contributed by atoms with van der Waals surface area (Å²) >= 11 is 0. The van der Waals surface area contributed by atoms with Crippen molar-refractivity contribution in [2.75, 3.05) is 13.7 Å². The zero-order chi connectivity index (χ0) is 13.7. The lowest BCUT2D eigenvalue weighted by molar-refractivity contribution is -0.148. The number of likely N-dealkylation sites (tertiary alicyclic amines) is 1. The van der Waals surface area contributed by atoms with Gasteiger partial charge < -0.3 is 4.74 Å². The number of nitrogens with zero attached hydrogens (tertiary/aromatic N) is 5. The predicted molar refractivity (Wildman–Crippen MR) is 68.2 cm³/mol. The van der Waals surface area contributed by atoms with Crippen LogP contribution >= 0.6 is 0 Å². The van der Waals surface area contributed by atoms with Crippen molar-refractivity contribution in [1.29, 1.82) is 0 Å². The summed E-state index contributed by atoms with van der Waals surface area (Å²) in [4.78, 5) is 13.9. The number of aryl methyl sites for hydroxylation is 1. The van der Waals surface area contributed by atoms with Crippen LogP contribution in [0.1, 0.15) is 38.4 Å². The minimum Gasteiger partial charge on any atom is -0.468 e. The average Bonchev–Trinajstić information content (AvgIpc) is 2.86. The van der Waals surface area contributed by atoms with Gasteiger partial charge in [0.1, 0.15) is 6.04 Å². The van der Waals surface area contributed by atoms with Crippen LogP contribution in [0.15, 0.2) is 0 Å². The number of hydrogen-bond donors (Lipinski definition) is 0. The number of esters is 1. The first kappa shape index (κ1) is 13.9. The van der Waals surface area contributed by atoms with E-state index in [1.165, 1.54) is 7.11 Å². The quantitative estimate of drug-likeness (QED) is 0.728. The Morgan fingerprint density at radius 1 is 1.47 bits per heavy atom. The van der Waals surface area contributed by atoms with E-state index < -0.39 is 0 Å². The van der Waals surface area contributed by atoms with Crippen LogP contribution in [0.25, 0.3) is 0 Å². The normalized spacial score (nSPS) is 20.4. The van der Waals surface area contributed by atoms with E-state index >= 15 is 0 Å². The Morgan fingerprint density at radius 3 is 3.05 bits per heavy atom. The van der Waals surface area contributed by atoms with Crippen molar-refractivity contribution in [1.82, 2.24) is 25.1 Å². The molecule has 1 aliphatic heterocycles. The molecule has 0 bridgehead atoms. The first-order valence-electron chi connectivity index (χ1n) is 6.83. The molecule has 1 aromatic rings. The van der Waals surface area contributed by atoms with Crippen molar-refractivity contribution < 1.29 is 9.53 Å². The van der Waals surface area contributed by atoms with Gasteiger partial charge in [0, 0.05) is 6.54 Å². The molecule has 1 saturated heterocycles. The van der Waals surface area contributed by atoms with E-state index in [9.17, 15) is 4.79 Å². The van der Waals surface area contributed by atoms with Crippen LogP contribution in [-0.4, -0.2) is 50.8 Å². The molecule has 1 fully saturated rings. The van der Waals surface area contributed by atoms with Gasteiger partial charge in [0.25, 0.3) is 0 Å². The molecule has 0 amide bonds. The molecule has 7 nitrogen and oxygen atoms in total. The van der Waals surface area contributed by atoms with E-state index in [2.05, 4.69) is 27.3 Å². The van der Waals surface area contributed by atoms with Gasteiger partial charge in [0.05, 0.1) is 13.7 Å². The number of rotatable bonds is 5. The molecule has 1 aromatic heterocycles. The highest BCUT2D eigenvalue weighted by molar-refractivity contribution is 5.75. The first-order chi connectivity index (χ1) is 9.26. The third kappa shape index (κ3) is 3.28. The van der Waals surface area contributed by atoms with Crippen molar-refractivity contribution in [2.45, 2.75) is 51.7 Å². The fraction of sp³-hybridized carbons (Fsp3) is 0.833. The van der Waals surface area contributed by atoms with Gasteiger partial charge in [-0.15, -0.1) is 5.10 Å². The molecule has 106 valence electrons. The van der Waals surface area contributed by atoms with Crippen LogP contribution in [0, 0.1) is 0 Å². The van der Waals surface area contributed by atoms with Gasteiger partial charge in [-0.25, -0.2) is 4.68 Å². The zero-order valence-electron chi connectivity index (χ0n) is 11.6. The summed E-state index contributed by atoms with van der Waals surface area (Å²) in [6.07, 6.45) is 4.00. The number of carbonyl (C=O) groups excluding carboxylic acids is 1. The topological polar surface area (TPSA) is 73.1 Å². The van der Waals surface area contributed by atoms with Crippen LogP contribution in [0.5, 0.6) is 0 Å². The number of hydrogen-bond acceptors (Lipinski definition) is 6. The van der Waals surface area contributed by atoms with Crippen LogP contribution in [0.3, 0.4) is 0 Å². The summed E-state index contributed by atoms with van der Waals surface area (Å²) < 4.78 is 6.69. The van der Waals surface area contributed by atoms with Crippen LogP contribution < -0.4 is 0 Å². The van der Waals surface area contributed by atoms with Gasteiger partial charge in [0.2, 0.25) is 0 Å². The van der Waals surface area contributed by atoms with Gasteiger partial charge in [-0.1, -0.05) is 13.3 Å². The number of tetrazole rings is 1. The van der Waals surface area contributed by atoms with Crippen LogP contribution in [0.4, 0.5) is 0 Å². The summed E-state index contributed by atoms with van der Waals surface area (Å²) in [6.45, 7) is 4.38. The highest BCUT2D eigenvalue weighted by Crippen LogP contribution is 2.19. The Labute approximate surface area is 112 Å². The SMILES string of the molecule is CCCn1nnnc1CN1CCCC[C@@H]1C(=O)OC. The van der Waals surface area contributed by atoms with Crippen molar-refractivity contribution in [3.05, 3.63) is 5.82 Å². The fourth-order valence-corrected chi connectivity index (χ4v) is 2.49. The van der Waals surface area contributed by atoms with E-state index in [1.54, 1.807) is 0 Å².